The van der Waals surface area contributed by atoms with Gasteiger partial charge in [0, 0.05) is 24.0 Å². The summed E-state index contributed by atoms with van der Waals surface area (Å²) < 4.78 is 15.2. The van der Waals surface area contributed by atoms with Crippen molar-refractivity contribution in [3.63, 3.8) is 0 Å². The van der Waals surface area contributed by atoms with Gasteiger partial charge in [0.1, 0.15) is 12.4 Å². The second-order valence-electron chi connectivity index (χ2n) is 6.61. The molecule has 0 bridgehead atoms. The first-order chi connectivity index (χ1) is 13.5. The Morgan fingerprint density at radius 1 is 1.21 bits per heavy atom. The number of esters is 1. The quantitative estimate of drug-likeness (QED) is 0.544. The summed E-state index contributed by atoms with van der Waals surface area (Å²) in [6.45, 7) is 0.965. The van der Waals surface area contributed by atoms with E-state index < -0.39 is 18.1 Å². The third-order valence-corrected chi connectivity index (χ3v) is 5.89. The number of likely N-dealkylation sites (tertiary alicyclic amines) is 1. The highest BCUT2D eigenvalue weighted by Gasteiger charge is 2.44. The average molecular weight is 408 g/mol. The molecule has 9 heteroatoms. The van der Waals surface area contributed by atoms with Gasteiger partial charge in [-0.2, -0.15) is 0 Å². The molecule has 28 heavy (non-hydrogen) atoms. The molecule has 1 aromatic carbocycles. The van der Waals surface area contributed by atoms with Gasteiger partial charge >= 0.3 is 12.1 Å². The van der Waals surface area contributed by atoms with Crippen LogP contribution in [0.4, 0.5) is 4.79 Å². The Morgan fingerprint density at radius 3 is 2.54 bits per heavy atom. The van der Waals surface area contributed by atoms with Crippen LogP contribution >= 0.6 is 11.8 Å². The monoisotopic (exact) mass is 408 g/mol. The number of nitrogens with zero attached hydrogens (tertiary/aromatic N) is 2. The Morgan fingerprint density at radius 2 is 1.93 bits per heavy atom. The molecule has 0 spiro atoms. The fraction of sp³-hybridized carbons (Fsp3) is 0.526. The number of hydrogen-bond donors (Lipinski definition) is 0. The molecule has 2 heterocycles. The molecule has 8 nitrogen and oxygen atoms in total. The van der Waals surface area contributed by atoms with Crippen LogP contribution in [-0.2, 0) is 14.3 Å². The minimum absolute atomic E-state index is 0.00361. The molecule has 2 saturated heterocycles. The van der Waals surface area contributed by atoms with Crippen LogP contribution in [0.5, 0.6) is 5.75 Å². The van der Waals surface area contributed by atoms with Gasteiger partial charge in [0.25, 0.3) is 5.91 Å². The van der Waals surface area contributed by atoms with E-state index in [-0.39, 0.29) is 18.6 Å². The summed E-state index contributed by atoms with van der Waals surface area (Å²) in [6.07, 6.45) is 2.60. The molecule has 1 unspecified atom stereocenters. The number of ether oxygens (including phenoxy) is 3. The van der Waals surface area contributed by atoms with Crippen LogP contribution in [0.25, 0.3) is 0 Å². The number of piperidine rings is 1. The van der Waals surface area contributed by atoms with Crippen LogP contribution in [0.1, 0.15) is 23.2 Å². The van der Waals surface area contributed by atoms with Crippen molar-refractivity contribution in [2.75, 3.05) is 40.2 Å². The van der Waals surface area contributed by atoms with Gasteiger partial charge in [-0.05, 0) is 37.3 Å². The van der Waals surface area contributed by atoms with Gasteiger partial charge in [-0.25, -0.2) is 9.59 Å². The molecule has 152 valence electrons. The van der Waals surface area contributed by atoms with Crippen LogP contribution in [0.3, 0.4) is 0 Å². The first-order valence-electron chi connectivity index (χ1n) is 9.04. The Balaban J connectivity index is 1.67. The molecule has 0 aromatic heterocycles. The second kappa shape index (κ2) is 8.72. The maximum Gasteiger partial charge on any atom is 0.410 e. The lowest BCUT2D eigenvalue weighted by Crippen LogP contribution is -2.52. The Kier molecular flexibility index (Phi) is 6.33. The van der Waals surface area contributed by atoms with E-state index in [9.17, 15) is 14.4 Å². The van der Waals surface area contributed by atoms with E-state index in [2.05, 4.69) is 0 Å². The zero-order valence-corrected chi connectivity index (χ0v) is 17.0. The fourth-order valence-corrected chi connectivity index (χ4v) is 4.08. The van der Waals surface area contributed by atoms with Crippen molar-refractivity contribution in [1.82, 2.24) is 9.80 Å². The SMILES string of the molecule is COC(=O)C1COC(=O)N1C1CCN(C(=O)c2ccc(SC)cc2OC)CC1. The van der Waals surface area contributed by atoms with Gasteiger partial charge < -0.3 is 19.1 Å². The predicted molar refractivity (Wildman–Crippen MR) is 103 cm³/mol. The zero-order valence-electron chi connectivity index (χ0n) is 16.2. The minimum atomic E-state index is -0.719. The van der Waals surface area contributed by atoms with Crippen LogP contribution in [0, 0.1) is 0 Å². The summed E-state index contributed by atoms with van der Waals surface area (Å²) in [5.74, 6) is -0.0349. The zero-order chi connectivity index (χ0) is 20.3. The molecule has 2 fully saturated rings. The van der Waals surface area contributed by atoms with Gasteiger partial charge in [0.15, 0.2) is 6.04 Å². The number of cyclic esters (lactones) is 1. The van der Waals surface area contributed by atoms with Gasteiger partial charge in [-0.1, -0.05) is 0 Å². The summed E-state index contributed by atoms with van der Waals surface area (Å²) in [6, 6.07) is 4.65. The van der Waals surface area contributed by atoms with Gasteiger partial charge in [-0.15, -0.1) is 11.8 Å². The topological polar surface area (TPSA) is 85.4 Å². The molecule has 0 saturated carbocycles. The van der Waals surface area contributed by atoms with Crippen LogP contribution in [0.15, 0.2) is 23.1 Å². The number of benzene rings is 1. The van der Waals surface area contributed by atoms with E-state index in [1.54, 1.807) is 29.8 Å². The van der Waals surface area contributed by atoms with Crippen molar-refractivity contribution in [2.45, 2.75) is 29.8 Å². The smallest absolute Gasteiger partial charge is 0.410 e. The van der Waals surface area contributed by atoms with Crippen molar-refractivity contribution in [3.8, 4) is 5.75 Å². The lowest BCUT2D eigenvalue weighted by atomic mass is 10.0. The molecular formula is C19H24N2O6S. The van der Waals surface area contributed by atoms with Gasteiger partial charge in [0.2, 0.25) is 0 Å². The Bertz CT molecular complexity index is 763. The summed E-state index contributed by atoms with van der Waals surface area (Å²) in [7, 11) is 2.84. The van der Waals surface area contributed by atoms with Crippen molar-refractivity contribution in [2.24, 2.45) is 0 Å². The third kappa shape index (κ3) is 3.89. The first kappa shape index (κ1) is 20.3. The predicted octanol–water partition coefficient (Wildman–Crippen LogP) is 2.02. The van der Waals surface area contributed by atoms with E-state index >= 15 is 0 Å². The van der Waals surface area contributed by atoms with E-state index in [0.717, 1.165) is 4.90 Å². The van der Waals surface area contributed by atoms with Crippen LogP contribution in [0.2, 0.25) is 0 Å². The van der Waals surface area contributed by atoms with E-state index in [0.29, 0.717) is 37.2 Å². The molecule has 1 aromatic rings. The number of thioether (sulfide) groups is 1. The number of hydrogen-bond acceptors (Lipinski definition) is 7. The standard InChI is InChI=1S/C19H24N2O6S/c1-25-16-10-13(28-3)4-5-14(16)17(22)20-8-6-12(7-9-20)21-15(18(23)26-2)11-27-19(21)24/h4-5,10,12,15H,6-9,11H2,1-3H3. The third-order valence-electron chi connectivity index (χ3n) is 5.17. The lowest BCUT2D eigenvalue weighted by Gasteiger charge is -2.37. The number of carbonyl (C=O) groups excluding carboxylic acids is 3. The van der Waals surface area contributed by atoms with Crippen molar-refractivity contribution in [1.29, 1.82) is 0 Å². The van der Waals surface area contributed by atoms with Gasteiger partial charge in [-0.3, -0.25) is 9.69 Å². The molecule has 0 radical (unpaired) electrons. The molecule has 1 atom stereocenters. The molecular weight excluding hydrogens is 384 g/mol. The maximum absolute atomic E-state index is 13.0. The number of carbonyl (C=O) groups is 3. The molecule has 0 N–H and O–H groups in total. The van der Waals surface area contributed by atoms with Crippen molar-refractivity contribution < 1.29 is 28.6 Å². The Labute approximate surface area is 168 Å². The largest absolute Gasteiger partial charge is 0.496 e. The maximum atomic E-state index is 13.0. The molecule has 2 aliphatic rings. The van der Waals surface area contributed by atoms with E-state index in [1.807, 2.05) is 18.4 Å². The fourth-order valence-electron chi connectivity index (χ4n) is 3.65. The highest BCUT2D eigenvalue weighted by molar-refractivity contribution is 7.98. The molecule has 2 aliphatic heterocycles. The number of amides is 2. The first-order valence-corrected chi connectivity index (χ1v) is 10.3. The van der Waals surface area contributed by atoms with Crippen molar-refractivity contribution >= 4 is 29.7 Å². The summed E-state index contributed by atoms with van der Waals surface area (Å²) >= 11 is 1.58. The highest BCUT2D eigenvalue weighted by atomic mass is 32.2. The molecule has 3 rings (SSSR count). The number of rotatable bonds is 5. The van der Waals surface area contributed by atoms with E-state index in [1.165, 1.54) is 12.0 Å². The second-order valence-corrected chi connectivity index (χ2v) is 7.49. The number of methoxy groups -OCH3 is 2. The van der Waals surface area contributed by atoms with E-state index in [4.69, 9.17) is 14.2 Å². The van der Waals surface area contributed by atoms with Crippen molar-refractivity contribution in [3.05, 3.63) is 23.8 Å². The highest BCUT2D eigenvalue weighted by Crippen LogP contribution is 2.29. The summed E-state index contributed by atoms with van der Waals surface area (Å²) in [5.41, 5.74) is 0.520. The minimum Gasteiger partial charge on any atom is -0.496 e. The van der Waals surface area contributed by atoms with Crippen LogP contribution in [-0.4, -0.2) is 80.0 Å². The summed E-state index contributed by atoms with van der Waals surface area (Å²) in [4.78, 5) is 41.2. The normalized spacial score (nSPS) is 20.1. The summed E-state index contributed by atoms with van der Waals surface area (Å²) in [5, 5.41) is 0. The molecule has 0 aliphatic carbocycles. The lowest BCUT2D eigenvalue weighted by molar-refractivity contribution is -0.145. The van der Waals surface area contributed by atoms with Gasteiger partial charge in [0.05, 0.1) is 19.8 Å². The molecule has 2 amide bonds. The van der Waals surface area contributed by atoms with Crippen LogP contribution < -0.4 is 4.74 Å². The average Bonchev–Trinajstić information content (AvgIpc) is 3.13. The Hall–Kier alpha value is -2.42.